The highest BCUT2D eigenvalue weighted by Crippen LogP contribution is 2.30. The lowest BCUT2D eigenvalue weighted by Gasteiger charge is -2.23. The third-order valence-electron chi connectivity index (χ3n) is 3.06. The number of rotatable bonds is 2. The minimum absolute atomic E-state index is 0. The van der Waals surface area contributed by atoms with Crippen LogP contribution in [0.1, 0.15) is 38.3 Å². The van der Waals surface area contributed by atoms with E-state index >= 15 is 0 Å². The van der Waals surface area contributed by atoms with Gasteiger partial charge in [-0.05, 0) is 36.1 Å². The highest BCUT2D eigenvalue weighted by molar-refractivity contribution is 5.85. The Morgan fingerprint density at radius 1 is 1.30 bits per heavy atom. The third-order valence-corrected chi connectivity index (χ3v) is 3.06. The molecule has 0 radical (unpaired) electrons. The van der Waals surface area contributed by atoms with Gasteiger partial charge < -0.3 is 10.3 Å². The van der Waals surface area contributed by atoms with Gasteiger partial charge in [0.05, 0.1) is 6.04 Å². The Labute approximate surface area is 124 Å². The van der Waals surface area contributed by atoms with E-state index in [1.165, 1.54) is 6.07 Å². The fourth-order valence-corrected chi connectivity index (χ4v) is 1.63. The highest BCUT2D eigenvalue weighted by atomic mass is 35.5. The second-order valence-corrected chi connectivity index (χ2v) is 5.76. The number of halogens is 2. The van der Waals surface area contributed by atoms with Gasteiger partial charge in [-0.15, -0.1) is 12.4 Å². The Balaban J connectivity index is 0.00000200. The summed E-state index contributed by atoms with van der Waals surface area (Å²) in [6.07, 6.45) is 0. The number of aromatic nitrogens is 2. The van der Waals surface area contributed by atoms with Gasteiger partial charge in [0.1, 0.15) is 5.82 Å². The quantitative estimate of drug-likeness (QED) is 0.919. The van der Waals surface area contributed by atoms with Crippen molar-refractivity contribution < 1.29 is 8.91 Å². The van der Waals surface area contributed by atoms with Crippen LogP contribution in [-0.4, -0.2) is 10.1 Å². The molecule has 0 amide bonds. The summed E-state index contributed by atoms with van der Waals surface area (Å²) in [6, 6.07) is 4.37. The molecule has 0 saturated heterocycles. The molecule has 0 aliphatic carbocycles. The van der Waals surface area contributed by atoms with Crippen molar-refractivity contribution in [3.63, 3.8) is 0 Å². The van der Waals surface area contributed by atoms with Gasteiger partial charge in [0.15, 0.2) is 0 Å². The molecular weight excluding hydrogens is 281 g/mol. The first-order valence-electron chi connectivity index (χ1n) is 6.15. The molecule has 0 unspecified atom stereocenters. The summed E-state index contributed by atoms with van der Waals surface area (Å²) in [7, 11) is 0. The van der Waals surface area contributed by atoms with Crippen molar-refractivity contribution in [2.24, 2.45) is 11.1 Å². The molecule has 0 bridgehead atoms. The molecule has 1 atom stereocenters. The maximum atomic E-state index is 13.2. The molecule has 0 spiro atoms. The summed E-state index contributed by atoms with van der Waals surface area (Å²) in [4.78, 5) is 4.29. The molecule has 110 valence electrons. The Morgan fingerprint density at radius 2 is 1.95 bits per heavy atom. The molecule has 2 aromatic rings. The molecule has 1 aromatic carbocycles. The average Bonchev–Trinajstić information content (AvgIpc) is 2.79. The largest absolute Gasteiger partial charge is 0.337 e. The minimum Gasteiger partial charge on any atom is -0.337 e. The Hall–Kier alpha value is -1.46. The molecule has 1 heterocycles. The molecule has 2 rings (SSSR count). The van der Waals surface area contributed by atoms with Gasteiger partial charge in [0, 0.05) is 5.56 Å². The van der Waals surface area contributed by atoms with Gasteiger partial charge in [0.25, 0.3) is 0 Å². The van der Waals surface area contributed by atoms with Crippen molar-refractivity contribution in [1.82, 2.24) is 10.1 Å². The average molecular weight is 300 g/mol. The van der Waals surface area contributed by atoms with Crippen LogP contribution in [-0.2, 0) is 0 Å². The standard InChI is InChI=1S/C14H18FN3O.ClH/c1-8-7-9(5-6-10(8)15)12-17-13(19-18-12)11(16)14(2,3)4;/h5-7,11H,16H2,1-4H3;1H/t11-;/m1./s1. The van der Waals surface area contributed by atoms with Gasteiger partial charge in [0.2, 0.25) is 11.7 Å². The van der Waals surface area contributed by atoms with Crippen molar-refractivity contribution in [2.45, 2.75) is 33.7 Å². The van der Waals surface area contributed by atoms with E-state index in [1.807, 2.05) is 20.8 Å². The van der Waals surface area contributed by atoms with E-state index < -0.39 is 0 Å². The Bertz CT molecular complexity index is 592. The number of nitrogens with zero attached hydrogens (tertiary/aromatic N) is 2. The predicted octanol–water partition coefficient (Wildman–Crippen LogP) is 3.65. The predicted molar refractivity (Wildman–Crippen MR) is 78.1 cm³/mol. The van der Waals surface area contributed by atoms with Crippen LogP contribution < -0.4 is 5.73 Å². The van der Waals surface area contributed by atoms with Crippen LogP contribution in [0, 0.1) is 18.2 Å². The SMILES string of the molecule is Cc1cc(-c2noc([C@@H](N)C(C)(C)C)n2)ccc1F.Cl. The lowest BCUT2D eigenvalue weighted by Crippen LogP contribution is -2.26. The summed E-state index contributed by atoms with van der Waals surface area (Å²) in [5, 5.41) is 3.90. The fourth-order valence-electron chi connectivity index (χ4n) is 1.63. The molecule has 20 heavy (non-hydrogen) atoms. The second-order valence-electron chi connectivity index (χ2n) is 5.76. The van der Waals surface area contributed by atoms with Crippen molar-refractivity contribution in [2.75, 3.05) is 0 Å². The fraction of sp³-hybridized carbons (Fsp3) is 0.429. The molecule has 0 fully saturated rings. The summed E-state index contributed by atoms with van der Waals surface area (Å²) >= 11 is 0. The zero-order valence-electron chi connectivity index (χ0n) is 12.0. The summed E-state index contributed by atoms with van der Waals surface area (Å²) < 4.78 is 18.4. The van der Waals surface area contributed by atoms with E-state index in [0.717, 1.165) is 5.56 Å². The van der Waals surface area contributed by atoms with E-state index in [2.05, 4.69) is 10.1 Å². The molecule has 4 nitrogen and oxygen atoms in total. The number of nitrogens with two attached hydrogens (primary N) is 1. The molecular formula is C14H19ClFN3O. The van der Waals surface area contributed by atoms with E-state index in [-0.39, 0.29) is 29.7 Å². The van der Waals surface area contributed by atoms with E-state index in [1.54, 1.807) is 19.1 Å². The highest BCUT2D eigenvalue weighted by Gasteiger charge is 2.27. The van der Waals surface area contributed by atoms with Crippen LogP contribution in [0.15, 0.2) is 22.7 Å². The zero-order valence-corrected chi connectivity index (χ0v) is 12.8. The number of hydrogen-bond donors (Lipinski definition) is 1. The van der Waals surface area contributed by atoms with Gasteiger partial charge in [-0.2, -0.15) is 4.98 Å². The first-order chi connectivity index (χ1) is 8.79. The van der Waals surface area contributed by atoms with Crippen LogP contribution in [0.5, 0.6) is 0 Å². The maximum absolute atomic E-state index is 13.2. The Kier molecular flexibility index (Phi) is 4.89. The lowest BCUT2D eigenvalue weighted by molar-refractivity contribution is 0.253. The van der Waals surface area contributed by atoms with E-state index in [9.17, 15) is 4.39 Å². The van der Waals surface area contributed by atoms with Gasteiger partial charge in [-0.1, -0.05) is 25.9 Å². The molecule has 1 aromatic heterocycles. The normalized spacial score (nSPS) is 12.9. The van der Waals surface area contributed by atoms with Crippen LogP contribution in [0.2, 0.25) is 0 Å². The number of hydrogen-bond acceptors (Lipinski definition) is 4. The minimum atomic E-state index is -0.338. The van der Waals surface area contributed by atoms with Crippen LogP contribution >= 0.6 is 12.4 Å². The number of benzene rings is 1. The van der Waals surface area contributed by atoms with E-state index in [0.29, 0.717) is 17.3 Å². The first kappa shape index (κ1) is 16.6. The molecule has 0 aliphatic heterocycles. The molecule has 0 aliphatic rings. The van der Waals surface area contributed by atoms with E-state index in [4.69, 9.17) is 10.3 Å². The van der Waals surface area contributed by atoms with Crippen LogP contribution in [0.25, 0.3) is 11.4 Å². The second kappa shape index (κ2) is 5.89. The lowest BCUT2D eigenvalue weighted by atomic mass is 9.87. The van der Waals surface area contributed by atoms with Crippen LogP contribution in [0.4, 0.5) is 4.39 Å². The van der Waals surface area contributed by atoms with Crippen molar-refractivity contribution >= 4 is 12.4 Å². The summed E-state index contributed by atoms with van der Waals surface area (Å²) in [5.41, 5.74) is 7.16. The van der Waals surface area contributed by atoms with Crippen molar-refractivity contribution in [3.8, 4) is 11.4 Å². The zero-order chi connectivity index (χ0) is 14.2. The van der Waals surface area contributed by atoms with Gasteiger partial charge >= 0.3 is 0 Å². The van der Waals surface area contributed by atoms with Crippen LogP contribution in [0.3, 0.4) is 0 Å². The summed E-state index contributed by atoms with van der Waals surface area (Å²) in [5.74, 6) is 0.570. The summed E-state index contributed by atoms with van der Waals surface area (Å²) in [6.45, 7) is 7.71. The number of aryl methyl sites for hydroxylation is 1. The van der Waals surface area contributed by atoms with Crippen molar-refractivity contribution in [1.29, 1.82) is 0 Å². The van der Waals surface area contributed by atoms with Crippen molar-refractivity contribution in [3.05, 3.63) is 35.5 Å². The molecule has 0 saturated carbocycles. The molecule has 2 N–H and O–H groups in total. The topological polar surface area (TPSA) is 64.9 Å². The van der Waals surface area contributed by atoms with Gasteiger partial charge in [-0.3, -0.25) is 0 Å². The monoisotopic (exact) mass is 299 g/mol. The first-order valence-corrected chi connectivity index (χ1v) is 6.15. The molecule has 6 heteroatoms. The maximum Gasteiger partial charge on any atom is 0.244 e. The Morgan fingerprint density at radius 3 is 2.50 bits per heavy atom. The van der Waals surface area contributed by atoms with Gasteiger partial charge in [-0.25, -0.2) is 4.39 Å². The third kappa shape index (κ3) is 3.35. The smallest absolute Gasteiger partial charge is 0.244 e.